The molecule has 31 heavy (non-hydrogen) atoms. The topological polar surface area (TPSA) is 150 Å². The van der Waals surface area contributed by atoms with Crippen molar-refractivity contribution in [3.8, 4) is 0 Å². The third-order valence-electron chi connectivity index (χ3n) is 4.10. The van der Waals surface area contributed by atoms with Crippen molar-refractivity contribution in [2.75, 3.05) is 18.2 Å². The van der Waals surface area contributed by atoms with Gasteiger partial charge in [0.25, 0.3) is 11.8 Å². The van der Waals surface area contributed by atoms with E-state index in [-0.39, 0.29) is 38.1 Å². The lowest BCUT2D eigenvalue weighted by molar-refractivity contribution is -0.150. The van der Waals surface area contributed by atoms with Gasteiger partial charge in [-0.15, -0.1) is 23.1 Å². The van der Waals surface area contributed by atoms with Gasteiger partial charge in [0.2, 0.25) is 6.41 Å². The minimum absolute atomic E-state index is 0.129. The van der Waals surface area contributed by atoms with Crippen LogP contribution < -0.4 is 10.6 Å². The molecule has 1 fully saturated rings. The van der Waals surface area contributed by atoms with Gasteiger partial charge >= 0.3 is 5.97 Å². The number of nitrogens with zero attached hydrogens (tertiary/aromatic N) is 3. The van der Waals surface area contributed by atoms with Gasteiger partial charge in [0.15, 0.2) is 10.8 Å². The first-order valence-electron chi connectivity index (χ1n) is 8.30. The van der Waals surface area contributed by atoms with Gasteiger partial charge in [-0.05, 0) is 11.6 Å². The molecule has 2 aliphatic rings. The van der Waals surface area contributed by atoms with E-state index in [1.165, 1.54) is 30.3 Å². The van der Waals surface area contributed by atoms with Crippen molar-refractivity contribution in [2.45, 2.75) is 11.4 Å². The number of carbonyl (C=O) groups excluding carboxylic acids is 3. The number of thiazole rings is 1. The molecule has 1 saturated heterocycles. The minimum Gasteiger partial charge on any atom is -0.477 e. The van der Waals surface area contributed by atoms with Crippen LogP contribution in [0.1, 0.15) is 5.69 Å². The summed E-state index contributed by atoms with van der Waals surface area (Å²) in [6, 6.07) is -0.989. The van der Waals surface area contributed by atoms with Crippen LogP contribution in [0.3, 0.4) is 0 Å². The summed E-state index contributed by atoms with van der Waals surface area (Å²) in [4.78, 5) is 57.5. The van der Waals surface area contributed by atoms with E-state index < -0.39 is 29.2 Å². The average Bonchev–Trinajstić information content (AvgIpc) is 3.17. The third-order valence-corrected chi connectivity index (χ3v) is 6.39. The number of carboxylic acid groups (broad SMARTS) is 1. The fourth-order valence-corrected chi connectivity index (χ4v) is 5.11. The van der Waals surface area contributed by atoms with Crippen molar-refractivity contribution in [2.24, 2.45) is 5.16 Å². The molecule has 1 unspecified atom stereocenters. The maximum absolute atomic E-state index is 12.7. The Balaban J connectivity index is 1.80. The third kappa shape index (κ3) is 4.69. The second-order valence-electron chi connectivity index (χ2n) is 5.90. The fourth-order valence-electron chi connectivity index (χ4n) is 2.89. The summed E-state index contributed by atoms with van der Waals surface area (Å²) in [6.07, 6.45) is 1.71. The molecule has 11 nitrogen and oxygen atoms in total. The number of aliphatic carboxylic acids is 1. The van der Waals surface area contributed by atoms with E-state index >= 15 is 0 Å². The van der Waals surface area contributed by atoms with Crippen LogP contribution in [-0.2, 0) is 24.0 Å². The highest BCUT2D eigenvalue weighted by Gasteiger charge is 2.54. The Morgan fingerprint density at radius 1 is 1.45 bits per heavy atom. The molecule has 1 aromatic rings. The maximum Gasteiger partial charge on any atom is 0.352 e. The van der Waals surface area contributed by atoms with Gasteiger partial charge in [-0.25, -0.2) is 9.78 Å². The molecular formula is C16H13Cl2N5O6S2. The van der Waals surface area contributed by atoms with E-state index in [9.17, 15) is 24.3 Å². The zero-order chi connectivity index (χ0) is 22.7. The molecule has 3 rings (SSSR count). The monoisotopic (exact) mass is 505 g/mol. The number of amides is 3. The van der Waals surface area contributed by atoms with E-state index in [0.29, 0.717) is 6.41 Å². The molecule has 3 heterocycles. The van der Waals surface area contributed by atoms with Crippen LogP contribution in [0.15, 0.2) is 32.4 Å². The van der Waals surface area contributed by atoms with Crippen molar-refractivity contribution in [1.29, 1.82) is 0 Å². The second kappa shape index (κ2) is 9.68. The number of nitrogens with one attached hydrogen (secondary N) is 2. The van der Waals surface area contributed by atoms with E-state index in [1.807, 2.05) is 0 Å². The lowest BCUT2D eigenvalue weighted by Crippen LogP contribution is -2.71. The van der Waals surface area contributed by atoms with Crippen molar-refractivity contribution in [1.82, 2.24) is 15.2 Å². The smallest absolute Gasteiger partial charge is 0.352 e. The molecule has 3 amide bonds. The van der Waals surface area contributed by atoms with Gasteiger partial charge in [-0.3, -0.25) is 19.3 Å². The zero-order valence-corrected chi connectivity index (χ0v) is 18.6. The largest absolute Gasteiger partial charge is 0.477 e. The number of carbonyl (C=O) groups is 4. The SMILES string of the molecule is CO/N=C(/C(=O)NC1C(=O)N2C(C(=O)O)=C(C=C(Cl)Cl)CS[C@H]12)c1csc(NC=O)n1. The Labute approximate surface area is 193 Å². The van der Waals surface area contributed by atoms with Crippen LogP contribution in [0.2, 0.25) is 0 Å². The Morgan fingerprint density at radius 3 is 2.81 bits per heavy atom. The summed E-state index contributed by atoms with van der Waals surface area (Å²) in [5.74, 6) is -2.46. The molecule has 15 heteroatoms. The van der Waals surface area contributed by atoms with Crippen LogP contribution in [-0.4, -0.2) is 69.2 Å². The fraction of sp³-hybridized carbons (Fsp3) is 0.250. The quantitative estimate of drug-likeness (QED) is 0.206. The van der Waals surface area contributed by atoms with Gasteiger partial charge in [0.05, 0.1) is 0 Å². The highest BCUT2D eigenvalue weighted by molar-refractivity contribution is 8.00. The predicted octanol–water partition coefficient (Wildman–Crippen LogP) is 1.12. The van der Waals surface area contributed by atoms with Crippen LogP contribution in [0.4, 0.5) is 5.13 Å². The molecular weight excluding hydrogens is 493 g/mol. The number of carboxylic acids is 1. The first kappa shape index (κ1) is 23.1. The number of aromatic nitrogens is 1. The summed E-state index contributed by atoms with van der Waals surface area (Å²) in [5, 5.41) is 19.2. The molecule has 0 radical (unpaired) electrons. The number of fused-ring (bicyclic) bond motifs is 1. The van der Waals surface area contributed by atoms with Crippen molar-refractivity contribution in [3.05, 3.63) is 32.9 Å². The summed E-state index contributed by atoms with van der Waals surface area (Å²) < 4.78 is -0.141. The summed E-state index contributed by atoms with van der Waals surface area (Å²) in [7, 11) is 1.23. The van der Waals surface area contributed by atoms with Crippen molar-refractivity contribution >= 4 is 81.3 Å². The highest BCUT2D eigenvalue weighted by Crippen LogP contribution is 2.41. The van der Waals surface area contributed by atoms with Gasteiger partial charge in [-0.1, -0.05) is 28.4 Å². The number of anilines is 1. The summed E-state index contributed by atoms with van der Waals surface area (Å²) in [6.45, 7) is 0. The first-order valence-corrected chi connectivity index (χ1v) is 11.0. The zero-order valence-electron chi connectivity index (χ0n) is 15.5. The molecule has 3 N–H and O–H groups in total. The lowest BCUT2D eigenvalue weighted by Gasteiger charge is -2.49. The van der Waals surface area contributed by atoms with Crippen LogP contribution in [0, 0.1) is 0 Å². The molecule has 2 atom stereocenters. The number of oxime groups is 1. The minimum atomic E-state index is -1.32. The number of allylic oxidation sites excluding steroid dienone is 1. The lowest BCUT2D eigenvalue weighted by atomic mass is 10.0. The number of β-lactam (4-membered cyclic amide) rings is 1. The molecule has 1 aromatic heterocycles. The van der Waals surface area contributed by atoms with Crippen LogP contribution >= 0.6 is 46.3 Å². The van der Waals surface area contributed by atoms with Crippen molar-refractivity contribution < 1.29 is 29.1 Å². The Morgan fingerprint density at radius 2 is 2.19 bits per heavy atom. The summed E-state index contributed by atoms with van der Waals surface area (Å²) in [5.41, 5.74) is -0.0423. The Kier molecular flexibility index (Phi) is 7.20. The second-order valence-corrected chi connectivity index (χ2v) is 8.87. The number of hydrogen-bond donors (Lipinski definition) is 3. The maximum atomic E-state index is 12.7. The molecule has 0 aromatic carbocycles. The molecule has 2 aliphatic heterocycles. The number of hydrogen-bond acceptors (Lipinski definition) is 9. The van der Waals surface area contributed by atoms with Gasteiger partial charge in [-0.2, -0.15) is 0 Å². The average molecular weight is 506 g/mol. The molecule has 0 saturated carbocycles. The first-order chi connectivity index (χ1) is 14.8. The van der Waals surface area contributed by atoms with E-state index in [0.717, 1.165) is 16.2 Å². The molecule has 0 spiro atoms. The van der Waals surface area contributed by atoms with E-state index in [1.54, 1.807) is 0 Å². The predicted molar refractivity (Wildman–Crippen MR) is 115 cm³/mol. The Hall–Kier alpha value is -2.61. The molecule has 164 valence electrons. The van der Waals surface area contributed by atoms with Gasteiger partial charge in [0, 0.05) is 11.1 Å². The normalized spacial score (nSPS) is 20.4. The van der Waals surface area contributed by atoms with Crippen LogP contribution in [0.5, 0.6) is 0 Å². The van der Waals surface area contributed by atoms with Crippen molar-refractivity contribution in [3.63, 3.8) is 0 Å². The highest BCUT2D eigenvalue weighted by atomic mass is 35.5. The Bertz CT molecular complexity index is 1040. The molecule has 0 bridgehead atoms. The number of halogens is 2. The number of rotatable bonds is 8. The number of thioether (sulfide) groups is 1. The molecule has 0 aliphatic carbocycles. The standard InChI is InChI=1S/C16H13Cl2N5O6S2/c1-29-22-9(7-4-31-16(20-7)19-5-24)12(25)21-10-13(26)23-11(15(27)28)6(2-8(17)18)3-30-14(10)23/h2,4-5,10,14H,3H2,1H3,(H,21,25)(H,27,28)(H,19,20,24)/b22-9+/t10?,14-/m1/s1. The van der Waals surface area contributed by atoms with Gasteiger partial charge < -0.3 is 20.6 Å². The van der Waals surface area contributed by atoms with E-state index in [4.69, 9.17) is 28.0 Å². The van der Waals surface area contributed by atoms with Gasteiger partial charge in [0.1, 0.15) is 34.4 Å². The van der Waals surface area contributed by atoms with Crippen LogP contribution in [0.25, 0.3) is 0 Å². The summed E-state index contributed by atoms with van der Waals surface area (Å²) >= 11 is 13.6. The van der Waals surface area contributed by atoms with E-state index in [2.05, 4.69) is 20.8 Å².